The Balaban J connectivity index is 1.32. The Bertz CT molecular complexity index is 1140. The van der Waals surface area contributed by atoms with Crippen molar-refractivity contribution in [2.45, 2.75) is 25.3 Å². The largest absolute Gasteiger partial charge is 0.355 e. The zero-order valence-corrected chi connectivity index (χ0v) is 18.5. The number of amides is 1. The van der Waals surface area contributed by atoms with Crippen molar-refractivity contribution in [3.8, 4) is 0 Å². The summed E-state index contributed by atoms with van der Waals surface area (Å²) in [4.78, 5) is 26.3. The van der Waals surface area contributed by atoms with Crippen LogP contribution in [0.25, 0.3) is 16.3 Å². The minimum absolute atomic E-state index is 0.0167. The number of piperidine rings is 1. The van der Waals surface area contributed by atoms with Crippen LogP contribution in [0, 0.1) is 0 Å². The monoisotopic (exact) mass is 427 g/mol. The molecule has 0 unspecified atom stereocenters. The van der Waals surface area contributed by atoms with Crippen molar-refractivity contribution in [2.24, 2.45) is 0 Å². The van der Waals surface area contributed by atoms with Crippen LogP contribution < -0.4 is 10.2 Å². The van der Waals surface area contributed by atoms with Gasteiger partial charge < -0.3 is 15.1 Å². The molecule has 0 aliphatic carbocycles. The zero-order valence-electron chi connectivity index (χ0n) is 18.5. The molecule has 1 aromatic heterocycles. The van der Waals surface area contributed by atoms with Crippen LogP contribution in [0.5, 0.6) is 0 Å². The van der Waals surface area contributed by atoms with Crippen LogP contribution >= 0.6 is 0 Å². The van der Waals surface area contributed by atoms with Gasteiger partial charge in [0.05, 0.1) is 6.20 Å². The molecular formula is C26H29N5O. The fourth-order valence-electron chi connectivity index (χ4n) is 4.76. The molecule has 0 saturated carbocycles. The summed E-state index contributed by atoms with van der Waals surface area (Å²) >= 11 is 0. The van der Waals surface area contributed by atoms with Crippen molar-refractivity contribution in [2.75, 3.05) is 38.1 Å². The molecule has 2 aliphatic heterocycles. The average Bonchev–Trinajstić information content (AvgIpc) is 2.85. The van der Waals surface area contributed by atoms with Gasteiger partial charge in [-0.05, 0) is 54.3 Å². The quantitative estimate of drug-likeness (QED) is 0.687. The van der Waals surface area contributed by atoms with Crippen LogP contribution in [0.1, 0.15) is 35.2 Å². The highest BCUT2D eigenvalue weighted by molar-refractivity contribution is 6.09. The molecule has 0 bridgehead atoms. The molecule has 0 radical (unpaired) electrons. The third kappa shape index (κ3) is 4.23. The van der Waals surface area contributed by atoms with E-state index in [9.17, 15) is 4.79 Å². The number of hydrogen-bond acceptors (Lipinski definition) is 5. The second-order valence-electron chi connectivity index (χ2n) is 8.75. The van der Waals surface area contributed by atoms with Crippen LogP contribution in [0.3, 0.4) is 0 Å². The van der Waals surface area contributed by atoms with Gasteiger partial charge in [-0.3, -0.25) is 9.78 Å². The first-order valence-electron chi connectivity index (χ1n) is 11.4. The van der Waals surface area contributed by atoms with Crippen LogP contribution in [0.15, 0.2) is 61.1 Å². The second-order valence-corrected chi connectivity index (χ2v) is 8.75. The number of hydrogen-bond donors (Lipinski definition) is 1. The minimum Gasteiger partial charge on any atom is -0.355 e. The van der Waals surface area contributed by atoms with E-state index in [1.807, 2.05) is 12.1 Å². The van der Waals surface area contributed by atoms with E-state index in [4.69, 9.17) is 0 Å². The van der Waals surface area contributed by atoms with Gasteiger partial charge in [0.25, 0.3) is 5.91 Å². The third-order valence-electron chi connectivity index (χ3n) is 6.63. The summed E-state index contributed by atoms with van der Waals surface area (Å²) in [6.07, 6.45) is 10.4. The van der Waals surface area contributed by atoms with Crippen LogP contribution in [0.4, 0.5) is 5.82 Å². The van der Waals surface area contributed by atoms with Crippen LogP contribution in [-0.4, -0.2) is 60.0 Å². The molecule has 3 heterocycles. The number of carbonyl (C=O) groups excluding carboxylic acids is 1. The van der Waals surface area contributed by atoms with Crippen molar-refractivity contribution in [1.29, 1.82) is 0 Å². The van der Waals surface area contributed by atoms with Gasteiger partial charge in [-0.2, -0.15) is 0 Å². The van der Waals surface area contributed by atoms with E-state index in [1.54, 1.807) is 18.6 Å². The molecule has 1 fully saturated rings. The maximum absolute atomic E-state index is 13.2. The average molecular weight is 428 g/mol. The molecule has 1 saturated heterocycles. The number of carbonyl (C=O) groups is 1. The molecule has 32 heavy (non-hydrogen) atoms. The molecule has 0 spiro atoms. The fraction of sp³-hybridized carbons (Fsp3) is 0.346. The molecule has 164 valence electrons. The van der Waals surface area contributed by atoms with E-state index in [1.165, 1.54) is 11.1 Å². The highest BCUT2D eigenvalue weighted by Crippen LogP contribution is 2.31. The van der Waals surface area contributed by atoms with E-state index in [0.29, 0.717) is 0 Å². The molecule has 2 aromatic carbocycles. The Morgan fingerprint density at radius 3 is 2.56 bits per heavy atom. The van der Waals surface area contributed by atoms with Gasteiger partial charge in [-0.25, -0.2) is 4.98 Å². The fourth-order valence-corrected chi connectivity index (χ4v) is 4.76. The molecule has 1 amide bonds. The number of benzene rings is 2. The lowest BCUT2D eigenvalue weighted by Gasteiger charge is -2.33. The lowest BCUT2D eigenvalue weighted by atomic mass is 9.91. The molecule has 1 N–H and O–H groups in total. The molecule has 2 aliphatic rings. The third-order valence-corrected chi connectivity index (χ3v) is 6.63. The minimum atomic E-state index is 0.0167. The molecule has 0 atom stereocenters. The van der Waals surface area contributed by atoms with E-state index in [-0.39, 0.29) is 11.9 Å². The van der Waals surface area contributed by atoms with Crippen molar-refractivity contribution in [3.05, 3.63) is 72.2 Å². The van der Waals surface area contributed by atoms with Crippen molar-refractivity contribution in [3.63, 3.8) is 0 Å². The molecule has 6 nitrogen and oxygen atoms in total. The van der Waals surface area contributed by atoms with Gasteiger partial charge >= 0.3 is 0 Å². The van der Waals surface area contributed by atoms with Gasteiger partial charge in [-0.1, -0.05) is 36.4 Å². The van der Waals surface area contributed by atoms with E-state index >= 15 is 0 Å². The highest BCUT2D eigenvalue weighted by Gasteiger charge is 2.23. The van der Waals surface area contributed by atoms with Crippen molar-refractivity contribution in [1.82, 2.24) is 20.2 Å². The van der Waals surface area contributed by atoms with Crippen molar-refractivity contribution < 1.29 is 4.79 Å². The van der Waals surface area contributed by atoms with E-state index in [0.717, 1.165) is 67.6 Å². The Hall–Kier alpha value is -3.25. The number of nitrogens with zero attached hydrogens (tertiary/aromatic N) is 4. The molecule has 5 rings (SSSR count). The van der Waals surface area contributed by atoms with Gasteiger partial charge in [0, 0.05) is 50.2 Å². The standard InChI is InChI=1S/C26H29N5O/c1-30-14-8-19(9-15-30)21-6-7-24(23-5-3-2-4-22(21)23)26(32)29-20-10-16-31(17-11-20)25-18-27-12-13-28-25/h2-8,12-13,18,20H,9-11,14-17H2,1H3,(H,29,32). The molecule has 6 heteroatoms. The number of likely N-dealkylation sites (N-methyl/N-ethyl adjacent to an activating group) is 1. The number of rotatable bonds is 4. The summed E-state index contributed by atoms with van der Waals surface area (Å²) < 4.78 is 0. The van der Waals surface area contributed by atoms with Crippen LogP contribution in [0.2, 0.25) is 0 Å². The number of anilines is 1. The Morgan fingerprint density at radius 2 is 1.84 bits per heavy atom. The first kappa shape index (κ1) is 20.6. The zero-order chi connectivity index (χ0) is 21.9. The predicted octanol–water partition coefficient (Wildman–Crippen LogP) is 3.75. The first-order valence-corrected chi connectivity index (χ1v) is 11.4. The lowest BCUT2D eigenvalue weighted by Crippen LogP contribution is -2.45. The summed E-state index contributed by atoms with van der Waals surface area (Å²) in [6.45, 7) is 3.77. The van der Waals surface area contributed by atoms with Crippen LogP contribution in [-0.2, 0) is 0 Å². The molecule has 3 aromatic rings. The normalized spacial score (nSPS) is 17.9. The maximum Gasteiger partial charge on any atom is 0.252 e. The summed E-state index contributed by atoms with van der Waals surface area (Å²) in [5.74, 6) is 0.921. The van der Waals surface area contributed by atoms with Gasteiger partial charge in [0.2, 0.25) is 0 Å². The predicted molar refractivity (Wildman–Crippen MR) is 129 cm³/mol. The number of nitrogens with one attached hydrogen (secondary N) is 1. The van der Waals surface area contributed by atoms with Gasteiger partial charge in [0.1, 0.15) is 5.82 Å². The van der Waals surface area contributed by atoms with E-state index < -0.39 is 0 Å². The second kappa shape index (κ2) is 9.09. The van der Waals surface area contributed by atoms with Gasteiger partial charge in [-0.15, -0.1) is 0 Å². The summed E-state index contributed by atoms with van der Waals surface area (Å²) in [5, 5.41) is 5.47. The van der Waals surface area contributed by atoms with Gasteiger partial charge in [0.15, 0.2) is 0 Å². The summed E-state index contributed by atoms with van der Waals surface area (Å²) in [6, 6.07) is 12.6. The number of aromatic nitrogens is 2. The topological polar surface area (TPSA) is 61.4 Å². The van der Waals surface area contributed by atoms with E-state index in [2.05, 4.69) is 62.5 Å². The first-order chi connectivity index (χ1) is 15.7. The number of fused-ring (bicyclic) bond motifs is 1. The van der Waals surface area contributed by atoms with Crippen molar-refractivity contribution >= 4 is 28.1 Å². The Kier molecular flexibility index (Phi) is 5.86. The lowest BCUT2D eigenvalue weighted by molar-refractivity contribution is 0.0933. The molecular weight excluding hydrogens is 398 g/mol. The maximum atomic E-state index is 13.2. The summed E-state index contributed by atoms with van der Waals surface area (Å²) in [7, 11) is 2.15. The highest BCUT2D eigenvalue weighted by atomic mass is 16.1. The Labute approximate surface area is 189 Å². The Morgan fingerprint density at radius 1 is 1.03 bits per heavy atom. The smallest absolute Gasteiger partial charge is 0.252 e. The SMILES string of the molecule is CN1CC=C(c2ccc(C(=O)NC3CCN(c4cnccn4)CC3)c3ccccc23)CC1. The summed E-state index contributed by atoms with van der Waals surface area (Å²) in [5.41, 5.74) is 3.39.